The average molecular weight is 316 g/mol. The second kappa shape index (κ2) is 9.33. The van der Waals surface area contributed by atoms with E-state index in [-0.39, 0.29) is 6.04 Å². The highest BCUT2D eigenvalue weighted by atomic mass is 16.5. The smallest absolute Gasteiger partial charge is 0.119 e. The first-order valence-electron chi connectivity index (χ1n) is 8.38. The normalized spacial score (nSPS) is 12.5. The molecule has 5 heteroatoms. The van der Waals surface area contributed by atoms with Gasteiger partial charge < -0.3 is 19.9 Å². The van der Waals surface area contributed by atoms with E-state index in [1.165, 1.54) is 5.56 Å². The van der Waals surface area contributed by atoms with E-state index in [1.54, 1.807) is 6.33 Å². The molecule has 0 aliphatic rings. The SMILES string of the molecule is CCN(CC)CCOc1ccc(CNC(C)c2cnc[nH]2)cc1. The molecule has 0 bridgehead atoms. The second-order valence-corrected chi connectivity index (χ2v) is 5.63. The van der Waals surface area contributed by atoms with Crippen molar-refractivity contribution in [2.45, 2.75) is 33.4 Å². The lowest BCUT2D eigenvalue weighted by molar-refractivity contribution is 0.223. The van der Waals surface area contributed by atoms with Gasteiger partial charge in [-0.2, -0.15) is 0 Å². The van der Waals surface area contributed by atoms with E-state index in [1.807, 2.05) is 18.3 Å². The number of aromatic amines is 1. The van der Waals surface area contributed by atoms with Crippen molar-refractivity contribution in [3.8, 4) is 5.75 Å². The van der Waals surface area contributed by atoms with E-state index < -0.39 is 0 Å². The highest BCUT2D eigenvalue weighted by molar-refractivity contribution is 5.27. The minimum atomic E-state index is 0.252. The van der Waals surface area contributed by atoms with E-state index in [2.05, 4.69) is 53.1 Å². The Morgan fingerprint density at radius 2 is 1.96 bits per heavy atom. The Hall–Kier alpha value is -1.85. The number of likely N-dealkylation sites (N-methyl/N-ethyl adjacent to an activating group) is 1. The van der Waals surface area contributed by atoms with Gasteiger partial charge in [0.15, 0.2) is 0 Å². The molecule has 1 unspecified atom stereocenters. The van der Waals surface area contributed by atoms with Gasteiger partial charge in [-0.1, -0.05) is 26.0 Å². The first kappa shape index (κ1) is 17.5. The number of H-pyrrole nitrogens is 1. The number of nitrogens with one attached hydrogen (secondary N) is 2. The van der Waals surface area contributed by atoms with Gasteiger partial charge in [-0.3, -0.25) is 0 Å². The molecule has 0 amide bonds. The molecule has 5 nitrogen and oxygen atoms in total. The van der Waals surface area contributed by atoms with Gasteiger partial charge in [0.1, 0.15) is 12.4 Å². The molecule has 0 saturated carbocycles. The molecule has 1 aromatic heterocycles. The lowest BCUT2D eigenvalue weighted by atomic mass is 10.2. The van der Waals surface area contributed by atoms with Crippen molar-refractivity contribution in [3.63, 3.8) is 0 Å². The monoisotopic (exact) mass is 316 g/mol. The molecule has 2 aromatic rings. The third-order valence-electron chi connectivity index (χ3n) is 4.09. The number of benzene rings is 1. The summed E-state index contributed by atoms with van der Waals surface area (Å²) in [6.45, 7) is 11.1. The summed E-state index contributed by atoms with van der Waals surface area (Å²) >= 11 is 0. The van der Waals surface area contributed by atoms with Crippen molar-refractivity contribution in [2.24, 2.45) is 0 Å². The van der Waals surface area contributed by atoms with Crippen LogP contribution in [0.1, 0.15) is 38.1 Å². The first-order valence-corrected chi connectivity index (χ1v) is 8.38. The van der Waals surface area contributed by atoms with Crippen molar-refractivity contribution in [1.29, 1.82) is 0 Å². The van der Waals surface area contributed by atoms with Crippen LogP contribution in [0.2, 0.25) is 0 Å². The Morgan fingerprint density at radius 3 is 2.57 bits per heavy atom. The molecule has 1 aromatic carbocycles. The Bertz CT molecular complexity index is 535. The molecule has 126 valence electrons. The highest BCUT2D eigenvalue weighted by Crippen LogP contribution is 2.14. The molecule has 0 aliphatic heterocycles. The largest absolute Gasteiger partial charge is 0.492 e. The topological polar surface area (TPSA) is 53.2 Å². The summed E-state index contributed by atoms with van der Waals surface area (Å²) in [5, 5.41) is 3.48. The highest BCUT2D eigenvalue weighted by Gasteiger charge is 2.06. The van der Waals surface area contributed by atoms with E-state index in [0.717, 1.165) is 44.2 Å². The molecule has 1 heterocycles. The molecule has 0 spiro atoms. The van der Waals surface area contributed by atoms with E-state index in [9.17, 15) is 0 Å². The van der Waals surface area contributed by atoms with Crippen LogP contribution in [0.5, 0.6) is 5.75 Å². The minimum absolute atomic E-state index is 0.252. The molecule has 0 aliphatic carbocycles. The second-order valence-electron chi connectivity index (χ2n) is 5.63. The molecular formula is C18H28N4O. The predicted molar refractivity (Wildman–Crippen MR) is 93.6 cm³/mol. The van der Waals surface area contributed by atoms with Crippen molar-refractivity contribution in [1.82, 2.24) is 20.2 Å². The molecule has 2 N–H and O–H groups in total. The van der Waals surface area contributed by atoms with Crippen LogP contribution >= 0.6 is 0 Å². The van der Waals surface area contributed by atoms with Crippen molar-refractivity contribution in [3.05, 3.63) is 48.0 Å². The minimum Gasteiger partial charge on any atom is -0.492 e. The zero-order valence-electron chi connectivity index (χ0n) is 14.4. The van der Waals surface area contributed by atoms with Gasteiger partial charge in [0.05, 0.1) is 12.0 Å². The van der Waals surface area contributed by atoms with E-state index in [0.29, 0.717) is 0 Å². The Labute approximate surface area is 139 Å². The van der Waals surface area contributed by atoms with Crippen LogP contribution in [0.3, 0.4) is 0 Å². The van der Waals surface area contributed by atoms with Crippen LogP contribution in [0.15, 0.2) is 36.8 Å². The third kappa shape index (κ3) is 5.69. The lowest BCUT2D eigenvalue weighted by Crippen LogP contribution is -2.27. The maximum Gasteiger partial charge on any atom is 0.119 e. The zero-order valence-corrected chi connectivity index (χ0v) is 14.4. The van der Waals surface area contributed by atoms with E-state index in [4.69, 9.17) is 4.74 Å². The fraction of sp³-hybridized carbons (Fsp3) is 0.500. The number of nitrogens with zero attached hydrogens (tertiary/aromatic N) is 2. The van der Waals surface area contributed by atoms with Crippen LogP contribution in [-0.4, -0.2) is 41.1 Å². The number of imidazole rings is 1. The Kier molecular flexibility index (Phi) is 7.10. The summed E-state index contributed by atoms with van der Waals surface area (Å²) in [5.41, 5.74) is 2.34. The van der Waals surface area contributed by atoms with Crippen LogP contribution in [-0.2, 0) is 6.54 Å². The standard InChI is InChI=1S/C18H28N4O/c1-4-22(5-2)10-11-23-17-8-6-16(7-9-17)12-20-15(3)18-13-19-14-21-18/h6-9,13-15,20H,4-5,10-12H2,1-3H3,(H,19,21). The fourth-order valence-corrected chi connectivity index (χ4v) is 2.42. The van der Waals surface area contributed by atoms with Crippen LogP contribution in [0.25, 0.3) is 0 Å². The molecule has 0 radical (unpaired) electrons. The van der Waals surface area contributed by atoms with Gasteiger partial charge in [0.2, 0.25) is 0 Å². The first-order chi connectivity index (χ1) is 11.2. The van der Waals surface area contributed by atoms with Crippen LogP contribution in [0, 0.1) is 0 Å². The van der Waals surface area contributed by atoms with Crippen LogP contribution < -0.4 is 10.1 Å². The summed E-state index contributed by atoms with van der Waals surface area (Å²) < 4.78 is 5.80. The third-order valence-corrected chi connectivity index (χ3v) is 4.09. The van der Waals surface area contributed by atoms with Gasteiger partial charge in [-0.05, 0) is 37.7 Å². The summed E-state index contributed by atoms with van der Waals surface area (Å²) in [6.07, 6.45) is 3.56. The van der Waals surface area contributed by atoms with E-state index >= 15 is 0 Å². The summed E-state index contributed by atoms with van der Waals surface area (Å²) in [6, 6.07) is 8.56. The molecule has 0 fully saturated rings. The molecule has 2 rings (SSSR count). The van der Waals surface area contributed by atoms with Gasteiger partial charge in [-0.25, -0.2) is 4.98 Å². The van der Waals surface area contributed by atoms with Gasteiger partial charge >= 0.3 is 0 Å². The van der Waals surface area contributed by atoms with Gasteiger partial charge in [-0.15, -0.1) is 0 Å². The summed E-state index contributed by atoms with van der Waals surface area (Å²) in [7, 11) is 0. The predicted octanol–water partition coefficient (Wildman–Crippen LogP) is 2.98. The quantitative estimate of drug-likeness (QED) is 0.707. The lowest BCUT2D eigenvalue weighted by Gasteiger charge is -2.18. The van der Waals surface area contributed by atoms with Gasteiger partial charge in [0, 0.05) is 25.3 Å². The number of ether oxygens (including phenoxy) is 1. The maximum atomic E-state index is 5.80. The van der Waals surface area contributed by atoms with Gasteiger partial charge in [0.25, 0.3) is 0 Å². The number of rotatable bonds is 10. The Balaban J connectivity index is 1.73. The van der Waals surface area contributed by atoms with Crippen molar-refractivity contribution >= 4 is 0 Å². The maximum absolute atomic E-state index is 5.80. The number of hydrogen-bond donors (Lipinski definition) is 2. The summed E-state index contributed by atoms with van der Waals surface area (Å²) in [4.78, 5) is 9.53. The van der Waals surface area contributed by atoms with Crippen molar-refractivity contribution in [2.75, 3.05) is 26.2 Å². The Morgan fingerprint density at radius 1 is 1.22 bits per heavy atom. The average Bonchev–Trinajstić information content (AvgIpc) is 3.12. The fourth-order valence-electron chi connectivity index (χ4n) is 2.42. The number of aromatic nitrogens is 2. The molecule has 0 saturated heterocycles. The van der Waals surface area contributed by atoms with Crippen LogP contribution in [0.4, 0.5) is 0 Å². The van der Waals surface area contributed by atoms with Crippen molar-refractivity contribution < 1.29 is 4.74 Å². The molecule has 23 heavy (non-hydrogen) atoms. The number of hydrogen-bond acceptors (Lipinski definition) is 4. The zero-order chi connectivity index (χ0) is 16.5. The molecule has 1 atom stereocenters. The molecular weight excluding hydrogens is 288 g/mol. The summed E-state index contributed by atoms with van der Waals surface area (Å²) in [5.74, 6) is 0.933.